The Bertz CT molecular complexity index is 383. The molecule has 2 aliphatic rings. The lowest BCUT2D eigenvalue weighted by Gasteiger charge is -2.33. The molecular weight excluding hydrogens is 224 g/mol. The van der Waals surface area contributed by atoms with Crippen molar-refractivity contribution in [3.63, 3.8) is 0 Å². The summed E-state index contributed by atoms with van der Waals surface area (Å²) in [6.45, 7) is 2.14. The third-order valence-corrected chi connectivity index (χ3v) is 2.98. The van der Waals surface area contributed by atoms with E-state index in [-0.39, 0.29) is 6.04 Å². The summed E-state index contributed by atoms with van der Waals surface area (Å²) in [4.78, 5) is 1.74. The van der Waals surface area contributed by atoms with Crippen LogP contribution in [0.5, 0.6) is 0 Å². The highest BCUT2D eigenvalue weighted by Crippen LogP contribution is 2.20. The van der Waals surface area contributed by atoms with E-state index in [1.165, 1.54) is 0 Å². The van der Waals surface area contributed by atoms with E-state index in [1.807, 2.05) is 12.3 Å². The van der Waals surface area contributed by atoms with Crippen molar-refractivity contribution >= 4 is 23.3 Å². The minimum Gasteiger partial charge on any atom is -0.297 e. The lowest BCUT2D eigenvalue weighted by Crippen LogP contribution is -2.50. The Labute approximate surface area is 100 Å². The molecule has 0 fully saturated rings. The fourth-order valence-corrected chi connectivity index (χ4v) is 1.96. The smallest absolute Gasteiger partial charge is 0.176 e. The number of hydrogen-bond acceptors (Lipinski definition) is 3. The van der Waals surface area contributed by atoms with Crippen LogP contribution >= 0.6 is 11.6 Å². The van der Waals surface area contributed by atoms with Crippen LogP contribution in [0.25, 0.3) is 0 Å². The third-order valence-electron chi connectivity index (χ3n) is 2.68. The fraction of sp³-hybridized carbons (Fsp3) is 0.455. The molecule has 2 aliphatic heterocycles. The molecule has 2 heterocycles. The van der Waals surface area contributed by atoms with Gasteiger partial charge in [0.1, 0.15) is 11.9 Å². The lowest BCUT2D eigenvalue weighted by atomic mass is 10.1. The van der Waals surface area contributed by atoms with Crippen molar-refractivity contribution in [2.24, 2.45) is 5.10 Å². The molecule has 0 aromatic rings. The van der Waals surface area contributed by atoms with E-state index < -0.39 is 0 Å². The van der Waals surface area contributed by atoms with Gasteiger partial charge >= 0.3 is 0 Å². The van der Waals surface area contributed by atoms with Gasteiger partial charge in [-0.1, -0.05) is 31.4 Å². The molecule has 0 spiro atoms. The van der Waals surface area contributed by atoms with Crippen LogP contribution < -0.4 is 5.43 Å². The maximum absolute atomic E-state index is 8.08. The van der Waals surface area contributed by atoms with Gasteiger partial charge in [-0.2, -0.15) is 5.10 Å². The summed E-state index contributed by atoms with van der Waals surface area (Å²) >= 11 is 6.01. The number of rotatable bonds is 3. The van der Waals surface area contributed by atoms with Crippen LogP contribution in [0.4, 0.5) is 0 Å². The van der Waals surface area contributed by atoms with Crippen LogP contribution in [0.1, 0.15) is 26.2 Å². The van der Waals surface area contributed by atoms with Crippen LogP contribution in [-0.4, -0.2) is 22.6 Å². The first-order valence-electron chi connectivity index (χ1n) is 5.49. The summed E-state index contributed by atoms with van der Waals surface area (Å²) < 4.78 is 0. The Morgan fingerprint density at radius 2 is 2.44 bits per heavy atom. The third kappa shape index (κ3) is 1.97. The van der Waals surface area contributed by atoms with Crippen LogP contribution in [0.2, 0.25) is 0 Å². The van der Waals surface area contributed by atoms with Gasteiger partial charge in [-0.15, -0.1) is 0 Å². The van der Waals surface area contributed by atoms with Crippen molar-refractivity contribution in [3.05, 3.63) is 23.4 Å². The van der Waals surface area contributed by atoms with Gasteiger partial charge < -0.3 is 0 Å². The van der Waals surface area contributed by atoms with Gasteiger partial charge in [0, 0.05) is 6.20 Å². The number of unbranched alkanes of at least 4 members (excludes halogenated alkanes) is 1. The molecule has 16 heavy (non-hydrogen) atoms. The summed E-state index contributed by atoms with van der Waals surface area (Å²) in [6.07, 6.45) is 8.57. The highest BCUT2D eigenvalue weighted by atomic mass is 35.5. The second kappa shape index (κ2) is 4.70. The Morgan fingerprint density at radius 3 is 3.19 bits per heavy atom. The molecule has 1 atom stereocenters. The quantitative estimate of drug-likeness (QED) is 0.793. The summed E-state index contributed by atoms with van der Waals surface area (Å²) in [7, 11) is 0. The molecule has 4 nitrogen and oxygen atoms in total. The highest BCUT2D eigenvalue weighted by molar-refractivity contribution is 6.44. The number of allylic oxidation sites excluding steroid dienone is 2. The summed E-state index contributed by atoms with van der Waals surface area (Å²) in [5, 5.41) is 12.9. The summed E-state index contributed by atoms with van der Waals surface area (Å²) in [5.41, 5.74) is 3.00. The molecule has 0 amide bonds. The van der Waals surface area contributed by atoms with Crippen LogP contribution in [0.15, 0.2) is 28.5 Å². The molecule has 0 radical (unpaired) electrons. The Morgan fingerprint density at radius 1 is 1.62 bits per heavy atom. The number of halogens is 1. The molecule has 0 bridgehead atoms. The van der Waals surface area contributed by atoms with Crippen molar-refractivity contribution in [2.75, 3.05) is 0 Å². The maximum Gasteiger partial charge on any atom is 0.176 e. The average molecular weight is 239 g/mol. The van der Waals surface area contributed by atoms with E-state index in [9.17, 15) is 0 Å². The second-order valence-electron chi connectivity index (χ2n) is 3.87. The summed E-state index contributed by atoms with van der Waals surface area (Å²) in [6, 6.07) is -0.00378. The van der Waals surface area contributed by atoms with Gasteiger partial charge in [-0.05, 0) is 18.6 Å². The second-order valence-corrected chi connectivity index (χ2v) is 4.28. The number of hydrazone groups is 1. The van der Waals surface area contributed by atoms with Crippen molar-refractivity contribution in [3.8, 4) is 0 Å². The zero-order valence-electron chi connectivity index (χ0n) is 9.20. The molecule has 5 heteroatoms. The van der Waals surface area contributed by atoms with Gasteiger partial charge in [0.25, 0.3) is 0 Å². The van der Waals surface area contributed by atoms with E-state index in [0.29, 0.717) is 16.7 Å². The van der Waals surface area contributed by atoms with E-state index in [1.54, 1.807) is 11.0 Å². The topological polar surface area (TPSA) is 51.5 Å². The van der Waals surface area contributed by atoms with Gasteiger partial charge in [-0.3, -0.25) is 15.7 Å². The molecule has 1 unspecified atom stereocenters. The van der Waals surface area contributed by atoms with E-state index >= 15 is 0 Å². The highest BCUT2D eigenvalue weighted by Gasteiger charge is 2.29. The molecular formula is C11H15ClN4. The van der Waals surface area contributed by atoms with Crippen molar-refractivity contribution in [2.45, 2.75) is 32.2 Å². The average Bonchev–Trinajstić information content (AvgIpc) is 2.29. The van der Waals surface area contributed by atoms with Crippen LogP contribution in [0.3, 0.4) is 0 Å². The first kappa shape index (κ1) is 11.2. The summed E-state index contributed by atoms with van der Waals surface area (Å²) in [5.74, 6) is 1.13. The molecule has 0 saturated carbocycles. The van der Waals surface area contributed by atoms with E-state index in [0.717, 1.165) is 19.3 Å². The SMILES string of the molecule is CCCCC1NN=C2C(Cl)=CC=CN2C1=N. The van der Waals surface area contributed by atoms with E-state index in [2.05, 4.69) is 17.5 Å². The zero-order chi connectivity index (χ0) is 11.5. The number of nitrogens with one attached hydrogen (secondary N) is 2. The van der Waals surface area contributed by atoms with Crippen molar-refractivity contribution < 1.29 is 0 Å². The number of hydrogen-bond donors (Lipinski definition) is 2. The maximum atomic E-state index is 8.08. The number of amidine groups is 2. The molecule has 86 valence electrons. The Hall–Kier alpha value is -1.29. The zero-order valence-corrected chi connectivity index (χ0v) is 9.96. The first-order valence-corrected chi connectivity index (χ1v) is 5.87. The Balaban J connectivity index is 2.15. The van der Waals surface area contributed by atoms with Gasteiger partial charge in [0.2, 0.25) is 0 Å². The van der Waals surface area contributed by atoms with Gasteiger partial charge in [-0.25, -0.2) is 0 Å². The minimum atomic E-state index is -0.00378. The van der Waals surface area contributed by atoms with E-state index in [4.69, 9.17) is 17.0 Å². The van der Waals surface area contributed by atoms with Crippen molar-refractivity contribution in [1.82, 2.24) is 10.3 Å². The Kier molecular flexibility index (Phi) is 3.29. The van der Waals surface area contributed by atoms with Crippen LogP contribution in [-0.2, 0) is 0 Å². The largest absolute Gasteiger partial charge is 0.297 e. The van der Waals surface area contributed by atoms with Gasteiger partial charge in [0.15, 0.2) is 5.84 Å². The van der Waals surface area contributed by atoms with Gasteiger partial charge in [0.05, 0.1) is 5.03 Å². The molecule has 0 aliphatic carbocycles. The molecule has 0 aromatic heterocycles. The lowest BCUT2D eigenvalue weighted by molar-refractivity contribution is 0.517. The van der Waals surface area contributed by atoms with Crippen LogP contribution in [0, 0.1) is 5.41 Å². The number of fused-ring (bicyclic) bond motifs is 1. The normalized spacial score (nSPS) is 23.5. The minimum absolute atomic E-state index is 0.00378. The fourth-order valence-electron chi connectivity index (χ4n) is 1.75. The predicted octanol–water partition coefficient (Wildman–Crippen LogP) is 2.39. The molecule has 0 aromatic carbocycles. The standard InChI is InChI=1S/C11H15ClN4/c1-2-3-6-9-10(13)16-7-4-5-8(12)11(16)15-14-9/h4-5,7,9,13-14H,2-3,6H2,1H3. The van der Waals surface area contributed by atoms with Crippen molar-refractivity contribution in [1.29, 1.82) is 5.41 Å². The molecule has 0 saturated heterocycles. The molecule has 2 rings (SSSR count). The first-order chi connectivity index (χ1) is 7.74. The molecule has 2 N–H and O–H groups in total. The number of nitrogens with zero attached hydrogens (tertiary/aromatic N) is 2. The monoisotopic (exact) mass is 238 g/mol. The predicted molar refractivity (Wildman–Crippen MR) is 66.5 cm³/mol.